The Bertz CT molecular complexity index is 218. The van der Waals surface area contributed by atoms with Gasteiger partial charge in [0.25, 0.3) is 0 Å². The van der Waals surface area contributed by atoms with E-state index in [4.69, 9.17) is 9.84 Å². The molecule has 1 atom stereocenters. The molecule has 100 valence electrons. The van der Waals surface area contributed by atoms with Gasteiger partial charge in [-0.15, -0.1) is 0 Å². The predicted octanol–water partition coefficient (Wildman–Crippen LogP) is 0.552. The molecule has 17 heavy (non-hydrogen) atoms. The van der Waals surface area contributed by atoms with Gasteiger partial charge in [-0.2, -0.15) is 0 Å². The van der Waals surface area contributed by atoms with Crippen LogP contribution in [0.2, 0.25) is 0 Å². The lowest BCUT2D eigenvalue weighted by Gasteiger charge is -2.27. The van der Waals surface area contributed by atoms with Crippen molar-refractivity contribution in [3.05, 3.63) is 0 Å². The molecule has 1 aliphatic rings. The van der Waals surface area contributed by atoms with Gasteiger partial charge in [0, 0.05) is 26.2 Å². The lowest BCUT2D eigenvalue weighted by atomic mass is 10.1. The van der Waals surface area contributed by atoms with Crippen molar-refractivity contribution in [2.45, 2.75) is 32.2 Å². The highest BCUT2D eigenvalue weighted by Crippen LogP contribution is 2.01. The van der Waals surface area contributed by atoms with Crippen molar-refractivity contribution >= 4 is 5.97 Å². The second-order valence-corrected chi connectivity index (χ2v) is 4.44. The van der Waals surface area contributed by atoms with E-state index in [2.05, 4.69) is 17.1 Å². The van der Waals surface area contributed by atoms with Crippen molar-refractivity contribution < 1.29 is 14.6 Å². The molecule has 1 saturated heterocycles. The third kappa shape index (κ3) is 6.00. The maximum absolute atomic E-state index is 11.0. The molecule has 5 heteroatoms. The Balaban J connectivity index is 2.14. The summed E-state index contributed by atoms with van der Waals surface area (Å²) in [5, 5.41) is 12.2. The molecule has 2 N–H and O–H groups in total. The second-order valence-electron chi connectivity index (χ2n) is 4.44. The molecule has 0 saturated carbocycles. The van der Waals surface area contributed by atoms with Crippen LogP contribution in [0.25, 0.3) is 0 Å². The minimum Gasteiger partial charge on any atom is -0.480 e. The topological polar surface area (TPSA) is 61.8 Å². The molecule has 1 unspecified atom stereocenters. The Morgan fingerprint density at radius 3 is 2.76 bits per heavy atom. The molecular weight excluding hydrogens is 220 g/mol. The number of nitrogens with zero attached hydrogens (tertiary/aromatic N) is 1. The molecule has 1 rings (SSSR count). The zero-order valence-corrected chi connectivity index (χ0v) is 10.7. The Hall–Kier alpha value is -0.650. The Labute approximate surface area is 103 Å². The molecule has 0 aliphatic carbocycles. The number of hydrogen-bond acceptors (Lipinski definition) is 4. The van der Waals surface area contributed by atoms with Crippen LogP contribution in [0.3, 0.4) is 0 Å². The third-order valence-electron chi connectivity index (χ3n) is 3.07. The number of carboxylic acids is 1. The van der Waals surface area contributed by atoms with Crippen LogP contribution in [-0.4, -0.2) is 61.4 Å². The van der Waals surface area contributed by atoms with Crippen molar-refractivity contribution in [3.8, 4) is 0 Å². The van der Waals surface area contributed by atoms with Gasteiger partial charge in [-0.05, 0) is 6.42 Å². The number of carbonyl (C=O) groups is 1. The van der Waals surface area contributed by atoms with Crippen molar-refractivity contribution in [2.75, 3.05) is 39.4 Å². The zero-order chi connectivity index (χ0) is 12.5. The summed E-state index contributed by atoms with van der Waals surface area (Å²) < 4.78 is 5.26. The quantitative estimate of drug-likeness (QED) is 0.653. The van der Waals surface area contributed by atoms with Crippen molar-refractivity contribution in [2.24, 2.45) is 0 Å². The fourth-order valence-corrected chi connectivity index (χ4v) is 1.94. The van der Waals surface area contributed by atoms with E-state index < -0.39 is 12.0 Å². The van der Waals surface area contributed by atoms with E-state index in [1.165, 1.54) is 0 Å². The number of ether oxygens (including phenoxy) is 1. The van der Waals surface area contributed by atoms with Crippen molar-refractivity contribution in [1.29, 1.82) is 0 Å². The fraction of sp³-hybridized carbons (Fsp3) is 0.917. The largest absolute Gasteiger partial charge is 0.480 e. The van der Waals surface area contributed by atoms with Crippen LogP contribution in [0.15, 0.2) is 0 Å². The van der Waals surface area contributed by atoms with Gasteiger partial charge in [0.05, 0.1) is 13.2 Å². The van der Waals surface area contributed by atoms with Gasteiger partial charge in [0.15, 0.2) is 0 Å². The van der Waals surface area contributed by atoms with E-state index >= 15 is 0 Å². The monoisotopic (exact) mass is 244 g/mol. The maximum atomic E-state index is 11.0. The number of unbranched alkanes of at least 4 members (excludes halogenated alkanes) is 1. The van der Waals surface area contributed by atoms with Crippen LogP contribution in [0.4, 0.5) is 0 Å². The molecule has 5 nitrogen and oxygen atoms in total. The average Bonchev–Trinajstić information content (AvgIpc) is 2.34. The number of rotatable bonds is 8. The molecule has 1 fully saturated rings. The zero-order valence-electron chi connectivity index (χ0n) is 10.7. The van der Waals surface area contributed by atoms with E-state index in [0.29, 0.717) is 0 Å². The summed E-state index contributed by atoms with van der Waals surface area (Å²) in [4.78, 5) is 13.3. The summed E-state index contributed by atoms with van der Waals surface area (Å²) in [6.07, 6.45) is 2.71. The molecule has 0 bridgehead atoms. The number of morpholine rings is 1. The molecule has 0 spiro atoms. The number of hydrogen-bond donors (Lipinski definition) is 2. The second kappa shape index (κ2) is 8.44. The summed E-state index contributed by atoms with van der Waals surface area (Å²) in [6.45, 7) is 7.20. The predicted molar refractivity (Wildman–Crippen MR) is 66.2 cm³/mol. The van der Waals surface area contributed by atoms with Crippen LogP contribution in [0.5, 0.6) is 0 Å². The SMILES string of the molecule is CCCCC(NCCN1CCOCC1)C(=O)O. The highest BCUT2D eigenvalue weighted by atomic mass is 16.5. The van der Waals surface area contributed by atoms with Gasteiger partial charge in [-0.1, -0.05) is 19.8 Å². The highest BCUT2D eigenvalue weighted by Gasteiger charge is 2.16. The first kappa shape index (κ1) is 14.4. The molecule has 1 aliphatic heterocycles. The normalized spacial score (nSPS) is 19.1. The summed E-state index contributed by atoms with van der Waals surface area (Å²) in [7, 11) is 0. The van der Waals surface area contributed by atoms with Crippen LogP contribution in [-0.2, 0) is 9.53 Å². The van der Waals surface area contributed by atoms with Gasteiger partial charge >= 0.3 is 5.97 Å². The average molecular weight is 244 g/mol. The van der Waals surface area contributed by atoms with Crippen LogP contribution < -0.4 is 5.32 Å². The van der Waals surface area contributed by atoms with E-state index in [1.54, 1.807) is 0 Å². The maximum Gasteiger partial charge on any atom is 0.320 e. The summed E-state index contributed by atoms with van der Waals surface area (Å²) >= 11 is 0. The van der Waals surface area contributed by atoms with Crippen LogP contribution in [0, 0.1) is 0 Å². The van der Waals surface area contributed by atoms with Gasteiger partial charge < -0.3 is 15.2 Å². The van der Waals surface area contributed by atoms with Gasteiger partial charge in [-0.3, -0.25) is 9.69 Å². The highest BCUT2D eigenvalue weighted by molar-refractivity contribution is 5.73. The van der Waals surface area contributed by atoms with Gasteiger partial charge in [-0.25, -0.2) is 0 Å². The standard InChI is InChI=1S/C12H24N2O3/c1-2-3-4-11(12(15)16)13-5-6-14-7-9-17-10-8-14/h11,13H,2-10H2,1H3,(H,15,16). The molecule has 0 aromatic carbocycles. The van der Waals surface area contributed by atoms with Gasteiger partial charge in [0.1, 0.15) is 6.04 Å². The van der Waals surface area contributed by atoms with Gasteiger partial charge in [0.2, 0.25) is 0 Å². The molecule has 0 aromatic heterocycles. The number of nitrogens with one attached hydrogen (secondary N) is 1. The molecule has 1 heterocycles. The first-order valence-corrected chi connectivity index (χ1v) is 6.50. The van der Waals surface area contributed by atoms with E-state index in [9.17, 15) is 4.79 Å². The molecular formula is C12H24N2O3. The number of aliphatic carboxylic acids is 1. The van der Waals surface area contributed by atoms with E-state index in [-0.39, 0.29) is 0 Å². The van der Waals surface area contributed by atoms with Crippen molar-refractivity contribution in [1.82, 2.24) is 10.2 Å². The van der Waals surface area contributed by atoms with E-state index in [0.717, 1.165) is 58.7 Å². The lowest BCUT2D eigenvalue weighted by Crippen LogP contribution is -2.44. The fourth-order valence-electron chi connectivity index (χ4n) is 1.94. The van der Waals surface area contributed by atoms with E-state index in [1.807, 2.05) is 0 Å². The molecule has 0 radical (unpaired) electrons. The lowest BCUT2D eigenvalue weighted by molar-refractivity contribution is -0.139. The first-order chi connectivity index (χ1) is 8.24. The smallest absolute Gasteiger partial charge is 0.320 e. The third-order valence-corrected chi connectivity index (χ3v) is 3.07. The molecule has 0 aromatic rings. The van der Waals surface area contributed by atoms with Crippen molar-refractivity contribution in [3.63, 3.8) is 0 Å². The Morgan fingerprint density at radius 2 is 2.18 bits per heavy atom. The summed E-state index contributed by atoms with van der Waals surface area (Å²) in [5.41, 5.74) is 0. The van der Waals surface area contributed by atoms with Crippen LogP contribution >= 0.6 is 0 Å². The summed E-state index contributed by atoms with van der Waals surface area (Å²) in [6, 6.07) is -0.393. The first-order valence-electron chi connectivity index (χ1n) is 6.50. The Kier molecular flexibility index (Phi) is 7.16. The number of carboxylic acid groups (broad SMARTS) is 1. The minimum absolute atomic E-state index is 0.393. The minimum atomic E-state index is -0.736. The Morgan fingerprint density at radius 1 is 1.47 bits per heavy atom. The summed E-state index contributed by atoms with van der Waals surface area (Å²) in [5.74, 6) is -0.736. The van der Waals surface area contributed by atoms with Crippen LogP contribution in [0.1, 0.15) is 26.2 Å². The molecule has 0 amide bonds.